The van der Waals surface area contributed by atoms with E-state index in [1.165, 1.54) is 0 Å². The van der Waals surface area contributed by atoms with Crippen LogP contribution in [0, 0.1) is 0 Å². The molecule has 1 rings (SSSR count). The van der Waals surface area contributed by atoms with E-state index < -0.39 is 11.2 Å². The number of aromatic nitrogens is 2. The van der Waals surface area contributed by atoms with Crippen molar-refractivity contribution in [1.29, 1.82) is 0 Å². The summed E-state index contributed by atoms with van der Waals surface area (Å²) < 4.78 is 11.5. The summed E-state index contributed by atoms with van der Waals surface area (Å²) in [7, 11) is 0. The minimum Gasteiger partial charge on any atom is -0.609 e. The third-order valence-corrected chi connectivity index (χ3v) is 3.17. The predicted molar refractivity (Wildman–Crippen MR) is 52.0 cm³/mol. The van der Waals surface area contributed by atoms with Crippen molar-refractivity contribution in [2.24, 2.45) is 5.73 Å². The molecule has 4 nitrogen and oxygen atoms in total. The van der Waals surface area contributed by atoms with Crippen LogP contribution < -0.4 is 5.73 Å². The molecule has 1 aromatic rings. The van der Waals surface area contributed by atoms with E-state index in [0.29, 0.717) is 17.5 Å². The highest BCUT2D eigenvalue weighted by Gasteiger charge is 2.18. The van der Waals surface area contributed by atoms with E-state index >= 15 is 0 Å². The molecule has 1 heterocycles. The fourth-order valence-corrected chi connectivity index (χ4v) is 2.02. The first-order valence-electron chi connectivity index (χ1n) is 3.73. The molecule has 0 radical (unpaired) electrons. The van der Waals surface area contributed by atoms with Crippen molar-refractivity contribution in [3.63, 3.8) is 0 Å². The van der Waals surface area contributed by atoms with Crippen LogP contribution in [0.4, 0.5) is 0 Å². The Kier molecular flexibility index (Phi) is 4.44. The van der Waals surface area contributed by atoms with Gasteiger partial charge in [0.2, 0.25) is 0 Å². The first-order chi connectivity index (χ1) is 6.24. The second-order valence-corrected chi connectivity index (χ2v) is 4.38. The zero-order valence-electron chi connectivity index (χ0n) is 6.89. The summed E-state index contributed by atoms with van der Waals surface area (Å²) in [6.45, 7) is 0.306. The average Bonchev–Trinajstić information content (AvgIpc) is 2.19. The van der Waals surface area contributed by atoms with E-state index in [1.807, 2.05) is 0 Å². The van der Waals surface area contributed by atoms with Gasteiger partial charge in [0.15, 0.2) is 0 Å². The van der Waals surface area contributed by atoms with Gasteiger partial charge < -0.3 is 10.3 Å². The summed E-state index contributed by atoms with van der Waals surface area (Å²) in [6, 6.07) is 1.67. The lowest BCUT2D eigenvalue weighted by Gasteiger charge is -2.09. The Hall–Kier alpha value is -0.360. The molecule has 72 valence electrons. The number of nitrogens with two attached hydrogens (primary N) is 1. The highest BCUT2D eigenvalue weighted by Crippen LogP contribution is 2.07. The van der Waals surface area contributed by atoms with Crippen molar-refractivity contribution in [1.82, 2.24) is 9.97 Å². The van der Waals surface area contributed by atoms with Gasteiger partial charge >= 0.3 is 5.16 Å². The summed E-state index contributed by atoms with van der Waals surface area (Å²) in [5.41, 5.74) is 5.29. The largest absolute Gasteiger partial charge is 0.609 e. The predicted octanol–water partition coefficient (Wildman–Crippen LogP) is 0.150. The van der Waals surface area contributed by atoms with E-state index in [2.05, 4.69) is 9.97 Å². The maximum atomic E-state index is 11.5. The minimum atomic E-state index is -1.25. The van der Waals surface area contributed by atoms with E-state index in [1.54, 1.807) is 18.5 Å². The topological polar surface area (TPSA) is 74.9 Å². The van der Waals surface area contributed by atoms with Crippen molar-refractivity contribution in [3.05, 3.63) is 18.5 Å². The van der Waals surface area contributed by atoms with E-state index in [4.69, 9.17) is 17.3 Å². The monoisotopic (exact) mass is 219 g/mol. The molecule has 0 aliphatic carbocycles. The summed E-state index contributed by atoms with van der Waals surface area (Å²) in [6.07, 6.45) is 3.10. The van der Waals surface area contributed by atoms with Gasteiger partial charge in [-0.1, -0.05) is 0 Å². The fourth-order valence-electron chi connectivity index (χ4n) is 0.710. The van der Waals surface area contributed by atoms with Crippen molar-refractivity contribution in [3.8, 4) is 0 Å². The van der Waals surface area contributed by atoms with Gasteiger partial charge in [-0.2, -0.15) is 9.97 Å². The summed E-state index contributed by atoms with van der Waals surface area (Å²) >= 11 is 4.49. The number of nitrogens with zero attached hydrogens (tertiary/aromatic N) is 2. The van der Waals surface area contributed by atoms with Gasteiger partial charge in [0, 0.05) is 30.1 Å². The van der Waals surface area contributed by atoms with Gasteiger partial charge in [0.25, 0.3) is 0 Å². The van der Waals surface area contributed by atoms with Crippen LogP contribution in [0.5, 0.6) is 0 Å². The minimum absolute atomic E-state index is 0.287. The first kappa shape index (κ1) is 10.7. The van der Waals surface area contributed by atoms with Crippen LogP contribution in [0.2, 0.25) is 0 Å². The smallest absolute Gasteiger partial charge is 0.342 e. The number of rotatable bonds is 4. The van der Waals surface area contributed by atoms with Crippen LogP contribution in [-0.4, -0.2) is 32.2 Å². The molecule has 6 heteroatoms. The van der Waals surface area contributed by atoms with Gasteiger partial charge in [0.1, 0.15) is 5.75 Å². The van der Waals surface area contributed by atoms with Crippen molar-refractivity contribution in [2.75, 3.05) is 12.3 Å². The quantitative estimate of drug-likeness (QED) is 0.445. The molecule has 0 aliphatic rings. The Bertz CT molecular complexity index is 249. The summed E-state index contributed by atoms with van der Waals surface area (Å²) in [4.78, 5) is 7.71. The molecule has 0 spiro atoms. The van der Waals surface area contributed by atoms with Crippen LogP contribution in [0.1, 0.15) is 0 Å². The van der Waals surface area contributed by atoms with Crippen LogP contribution in [-0.2, 0) is 11.2 Å². The average molecular weight is 220 g/mol. The second-order valence-electron chi connectivity index (χ2n) is 2.38. The normalized spacial score (nSPS) is 15.3. The van der Waals surface area contributed by atoms with Gasteiger partial charge in [-0.15, -0.1) is 11.6 Å². The molecule has 2 unspecified atom stereocenters. The molecule has 0 aromatic carbocycles. The summed E-state index contributed by atoms with van der Waals surface area (Å²) in [5, 5.41) is 0.0197. The lowest BCUT2D eigenvalue weighted by Crippen LogP contribution is -2.25. The Balaban J connectivity index is 2.53. The zero-order chi connectivity index (χ0) is 9.68. The van der Waals surface area contributed by atoms with Crippen LogP contribution in [0.3, 0.4) is 0 Å². The lowest BCUT2D eigenvalue weighted by molar-refractivity contribution is 0.584. The molecular formula is C7H10ClN3OS. The standard InChI is InChI=1S/C7H10ClN3OS/c8-6(4-9)5-13(12)7-10-2-1-3-11-7/h1-3,6H,4-5,9H2. The molecule has 1 aromatic heterocycles. The molecule has 13 heavy (non-hydrogen) atoms. The summed E-state index contributed by atoms with van der Waals surface area (Å²) in [5.74, 6) is 0.294. The van der Waals surface area contributed by atoms with Gasteiger partial charge in [-0.05, 0) is 6.07 Å². The Morgan fingerprint density at radius 2 is 2.15 bits per heavy atom. The van der Waals surface area contributed by atoms with Gasteiger partial charge in [-0.3, -0.25) is 0 Å². The van der Waals surface area contributed by atoms with E-state index in [-0.39, 0.29) is 5.38 Å². The van der Waals surface area contributed by atoms with E-state index in [9.17, 15) is 4.55 Å². The van der Waals surface area contributed by atoms with Crippen LogP contribution >= 0.6 is 11.6 Å². The highest BCUT2D eigenvalue weighted by molar-refractivity contribution is 7.91. The van der Waals surface area contributed by atoms with E-state index in [0.717, 1.165) is 0 Å². The number of alkyl halides is 1. The maximum absolute atomic E-state index is 11.5. The van der Waals surface area contributed by atoms with Crippen molar-refractivity contribution in [2.45, 2.75) is 10.5 Å². The molecule has 2 N–H and O–H groups in total. The van der Waals surface area contributed by atoms with Crippen LogP contribution in [0.25, 0.3) is 0 Å². The third-order valence-electron chi connectivity index (χ3n) is 1.33. The molecule has 0 aliphatic heterocycles. The van der Waals surface area contributed by atoms with Crippen molar-refractivity contribution >= 4 is 22.8 Å². The van der Waals surface area contributed by atoms with Crippen molar-refractivity contribution < 1.29 is 4.55 Å². The Morgan fingerprint density at radius 1 is 1.54 bits per heavy atom. The van der Waals surface area contributed by atoms with Crippen LogP contribution in [0.15, 0.2) is 23.6 Å². The number of hydrogen-bond acceptors (Lipinski definition) is 4. The molecule has 0 bridgehead atoms. The van der Waals surface area contributed by atoms with Gasteiger partial charge in [0.05, 0.1) is 5.38 Å². The second kappa shape index (κ2) is 5.39. The molecule has 2 atom stereocenters. The number of hydrogen-bond donors (Lipinski definition) is 1. The molecule has 0 fully saturated rings. The lowest BCUT2D eigenvalue weighted by atomic mass is 10.5. The number of halogens is 1. The molecule has 0 amide bonds. The highest BCUT2D eigenvalue weighted by atomic mass is 35.5. The Morgan fingerprint density at radius 3 is 2.69 bits per heavy atom. The Labute approximate surface area is 84.7 Å². The maximum Gasteiger partial charge on any atom is 0.342 e. The zero-order valence-corrected chi connectivity index (χ0v) is 8.46. The third kappa shape index (κ3) is 3.48. The first-order valence-corrected chi connectivity index (χ1v) is 5.49. The fraction of sp³-hybridized carbons (Fsp3) is 0.429. The SMILES string of the molecule is NCC(Cl)C[S+]([O-])c1ncccn1. The molecule has 0 saturated heterocycles. The molecule has 0 saturated carbocycles. The molecular weight excluding hydrogens is 210 g/mol. The van der Waals surface area contributed by atoms with Gasteiger partial charge in [-0.25, -0.2) is 0 Å².